The highest BCUT2D eigenvalue weighted by molar-refractivity contribution is 7.47. The van der Waals surface area contributed by atoms with E-state index < -0.39 is 26.5 Å². The van der Waals surface area contributed by atoms with Gasteiger partial charge >= 0.3 is 19.8 Å². The standard InChI is InChI=1S/C89H154NO8P/c1-3-5-7-9-11-13-15-17-19-21-23-25-27-29-31-33-35-37-39-41-42-43-44-46-48-50-52-54-56-58-60-62-64-66-68-70-72-74-76-78-80-82-89(92)98-87(86-97-99(93,94)96-84-83-90)85-95-88(91)81-79-77-75-73-71-69-67-65-63-61-59-57-55-53-51-49-47-45-40-38-36-34-32-30-28-26-24-22-20-18-16-14-12-10-8-6-4-2/h5-8,11-14,17-20,23-26,29,31,35,37,41-42,44,46,87H,3-4,9-10,15-16,21-22,27-28,30,32-34,36,38-40,43,45,47-86,90H2,1-2H3,(H,93,94)/b7-5-,8-6-,13-11-,14-12-,19-17-,20-18-,25-23-,26-24-,31-29-,37-35-,42-41-,46-44-. The maximum atomic E-state index is 12.8. The van der Waals surface area contributed by atoms with Crippen LogP contribution in [0.2, 0.25) is 0 Å². The second-order valence-corrected chi connectivity index (χ2v) is 28.7. The van der Waals surface area contributed by atoms with Gasteiger partial charge in [0.25, 0.3) is 0 Å². The Kier molecular flexibility index (Phi) is 79.4. The summed E-state index contributed by atoms with van der Waals surface area (Å²) in [5, 5.41) is 0. The van der Waals surface area contributed by atoms with E-state index in [9.17, 15) is 19.0 Å². The molecule has 0 bridgehead atoms. The number of carbonyl (C=O) groups is 2. The van der Waals surface area contributed by atoms with E-state index in [1.165, 1.54) is 225 Å². The van der Waals surface area contributed by atoms with E-state index in [2.05, 4.69) is 160 Å². The first-order valence-electron chi connectivity index (χ1n) is 41.3. The molecular formula is C89H154NO8P. The summed E-state index contributed by atoms with van der Waals surface area (Å²) in [5.74, 6) is -0.815. The Morgan fingerprint density at radius 1 is 0.303 bits per heavy atom. The average molecular weight is 1400 g/mol. The number of phosphoric ester groups is 1. The molecule has 0 fully saturated rings. The summed E-state index contributed by atoms with van der Waals surface area (Å²) in [6.07, 6.45) is 120. The van der Waals surface area contributed by atoms with Crippen LogP contribution in [0.4, 0.5) is 0 Å². The van der Waals surface area contributed by atoms with Gasteiger partial charge in [-0.3, -0.25) is 18.6 Å². The smallest absolute Gasteiger partial charge is 0.462 e. The van der Waals surface area contributed by atoms with Crippen molar-refractivity contribution in [3.8, 4) is 0 Å². The van der Waals surface area contributed by atoms with E-state index in [0.29, 0.717) is 6.42 Å². The SMILES string of the molecule is CC/C=C\C/C=C\C/C=C\C/C=C\C/C=C\C/C=C\C/C=C\C/C=C\CCCCCCCCCCCCCCCCCCC(=O)OC(COC(=O)CCCCCCCCCCCCCCCCCCCCCCCCCC/C=C\C/C=C\C/C=C\C/C=C\CC)COP(=O)(O)OCCN. The topological polar surface area (TPSA) is 134 Å². The Hall–Kier alpha value is -4.11. The highest BCUT2D eigenvalue weighted by atomic mass is 31.2. The Bertz CT molecular complexity index is 2150. The molecule has 0 saturated heterocycles. The van der Waals surface area contributed by atoms with Crippen molar-refractivity contribution >= 4 is 19.8 Å². The van der Waals surface area contributed by atoms with Crippen LogP contribution in [0.25, 0.3) is 0 Å². The van der Waals surface area contributed by atoms with Gasteiger partial charge in [-0.05, 0) is 116 Å². The third kappa shape index (κ3) is 82.7. The van der Waals surface area contributed by atoms with Crippen LogP contribution in [0, 0.1) is 0 Å². The van der Waals surface area contributed by atoms with Crippen LogP contribution in [0.1, 0.15) is 373 Å². The first-order valence-corrected chi connectivity index (χ1v) is 42.8. The number of rotatable bonds is 77. The molecule has 10 heteroatoms. The largest absolute Gasteiger partial charge is 0.472 e. The minimum Gasteiger partial charge on any atom is -0.462 e. The molecule has 0 aromatic heterocycles. The Morgan fingerprint density at radius 2 is 0.525 bits per heavy atom. The number of ether oxygens (including phenoxy) is 2. The molecule has 3 N–H and O–H groups in total. The van der Waals surface area contributed by atoms with Crippen LogP contribution in [0.5, 0.6) is 0 Å². The maximum Gasteiger partial charge on any atom is 0.472 e. The van der Waals surface area contributed by atoms with Crippen molar-refractivity contribution in [2.45, 2.75) is 380 Å². The Balaban J connectivity index is 3.80. The van der Waals surface area contributed by atoms with Gasteiger partial charge in [-0.1, -0.05) is 391 Å². The van der Waals surface area contributed by atoms with Crippen LogP contribution < -0.4 is 5.73 Å². The summed E-state index contributed by atoms with van der Waals surface area (Å²) in [5.41, 5.74) is 5.42. The van der Waals surface area contributed by atoms with Gasteiger partial charge in [-0.25, -0.2) is 4.57 Å². The monoisotopic (exact) mass is 1400 g/mol. The van der Waals surface area contributed by atoms with Gasteiger partial charge in [0.15, 0.2) is 6.10 Å². The first kappa shape index (κ1) is 94.9. The second-order valence-electron chi connectivity index (χ2n) is 27.2. The van der Waals surface area contributed by atoms with E-state index >= 15 is 0 Å². The molecule has 0 heterocycles. The van der Waals surface area contributed by atoms with E-state index in [1.54, 1.807) is 0 Å². The van der Waals surface area contributed by atoms with Crippen LogP contribution in [0.15, 0.2) is 146 Å². The molecule has 0 aliphatic rings. The molecule has 0 aliphatic carbocycles. The molecule has 2 atom stereocenters. The zero-order valence-corrected chi connectivity index (χ0v) is 65.1. The lowest BCUT2D eigenvalue weighted by molar-refractivity contribution is -0.161. The lowest BCUT2D eigenvalue weighted by Gasteiger charge is -2.19. The molecule has 0 aromatic carbocycles. The van der Waals surface area contributed by atoms with Crippen LogP contribution >= 0.6 is 7.82 Å². The number of carbonyl (C=O) groups excluding carboxylic acids is 2. The number of allylic oxidation sites excluding steroid dienone is 24. The van der Waals surface area contributed by atoms with Gasteiger partial charge in [0.1, 0.15) is 6.61 Å². The fraction of sp³-hybridized carbons (Fsp3) is 0.708. The molecule has 0 rings (SSSR count). The molecule has 0 spiro atoms. The summed E-state index contributed by atoms with van der Waals surface area (Å²) in [7, 11) is -4.40. The third-order valence-corrected chi connectivity index (χ3v) is 18.7. The van der Waals surface area contributed by atoms with Crippen molar-refractivity contribution in [1.82, 2.24) is 0 Å². The van der Waals surface area contributed by atoms with Gasteiger partial charge in [0, 0.05) is 19.4 Å². The normalized spacial score (nSPS) is 13.6. The minimum atomic E-state index is -4.40. The van der Waals surface area contributed by atoms with Gasteiger partial charge in [-0.2, -0.15) is 0 Å². The van der Waals surface area contributed by atoms with Gasteiger partial charge < -0.3 is 20.1 Å². The number of nitrogens with two attached hydrogens (primary N) is 1. The highest BCUT2D eigenvalue weighted by Crippen LogP contribution is 2.43. The zero-order valence-electron chi connectivity index (χ0n) is 64.2. The van der Waals surface area contributed by atoms with Gasteiger partial charge in [0.2, 0.25) is 0 Å². The van der Waals surface area contributed by atoms with Gasteiger partial charge in [-0.15, -0.1) is 0 Å². The molecular weight excluding hydrogens is 1240 g/mol. The fourth-order valence-electron chi connectivity index (χ4n) is 11.7. The molecule has 0 saturated carbocycles. The molecule has 0 amide bonds. The van der Waals surface area contributed by atoms with Crippen molar-refractivity contribution in [3.63, 3.8) is 0 Å². The number of hydrogen-bond donors (Lipinski definition) is 2. The van der Waals surface area contributed by atoms with E-state index in [4.69, 9.17) is 24.3 Å². The van der Waals surface area contributed by atoms with Crippen LogP contribution in [0.3, 0.4) is 0 Å². The Morgan fingerprint density at radius 3 is 0.778 bits per heavy atom. The average Bonchev–Trinajstić information content (AvgIpc) is 1.19. The number of phosphoric acid groups is 1. The summed E-state index contributed by atoms with van der Waals surface area (Å²) in [6.45, 7) is 3.56. The van der Waals surface area contributed by atoms with Crippen LogP contribution in [-0.2, 0) is 32.7 Å². The summed E-state index contributed by atoms with van der Waals surface area (Å²) >= 11 is 0. The van der Waals surface area contributed by atoms with Crippen molar-refractivity contribution in [3.05, 3.63) is 146 Å². The lowest BCUT2D eigenvalue weighted by Crippen LogP contribution is -2.29. The highest BCUT2D eigenvalue weighted by Gasteiger charge is 2.26. The van der Waals surface area contributed by atoms with Crippen molar-refractivity contribution in [2.75, 3.05) is 26.4 Å². The maximum absolute atomic E-state index is 12.8. The molecule has 0 aliphatic heterocycles. The Labute approximate surface area is 611 Å². The lowest BCUT2D eigenvalue weighted by atomic mass is 10.0. The van der Waals surface area contributed by atoms with Crippen LogP contribution in [-0.4, -0.2) is 49.3 Å². The van der Waals surface area contributed by atoms with Crippen molar-refractivity contribution in [2.24, 2.45) is 5.73 Å². The summed E-state index contributed by atoms with van der Waals surface area (Å²) in [6, 6.07) is 0. The molecule has 9 nitrogen and oxygen atoms in total. The summed E-state index contributed by atoms with van der Waals surface area (Å²) in [4.78, 5) is 35.5. The number of unbranched alkanes of at least 4 members (excludes halogenated alkanes) is 40. The van der Waals surface area contributed by atoms with E-state index in [0.717, 1.165) is 116 Å². The molecule has 568 valence electrons. The van der Waals surface area contributed by atoms with Gasteiger partial charge in [0.05, 0.1) is 13.2 Å². The fourth-order valence-corrected chi connectivity index (χ4v) is 12.5. The molecule has 0 radical (unpaired) electrons. The second kappa shape index (κ2) is 82.8. The first-order chi connectivity index (χ1) is 48.8. The van der Waals surface area contributed by atoms with E-state index in [1.807, 2.05) is 0 Å². The minimum absolute atomic E-state index is 0.0510. The predicted octanol–water partition coefficient (Wildman–Crippen LogP) is 28.1. The third-order valence-electron chi connectivity index (χ3n) is 17.7. The van der Waals surface area contributed by atoms with Crippen molar-refractivity contribution in [1.29, 1.82) is 0 Å². The van der Waals surface area contributed by atoms with E-state index in [-0.39, 0.29) is 38.6 Å². The molecule has 2 unspecified atom stereocenters. The number of esters is 2. The molecule has 99 heavy (non-hydrogen) atoms. The quantitative estimate of drug-likeness (QED) is 0.0264. The van der Waals surface area contributed by atoms with Crippen molar-refractivity contribution < 1.29 is 37.6 Å². The predicted molar refractivity (Wildman–Crippen MR) is 431 cm³/mol. The zero-order chi connectivity index (χ0) is 71.5. The molecule has 0 aromatic rings. The summed E-state index contributed by atoms with van der Waals surface area (Å²) < 4.78 is 33.3. The number of hydrogen-bond acceptors (Lipinski definition) is 8.